The van der Waals surface area contributed by atoms with Crippen molar-refractivity contribution in [3.8, 4) is 0 Å². The highest BCUT2D eigenvalue weighted by Crippen LogP contribution is 2.34. The van der Waals surface area contributed by atoms with Crippen LogP contribution in [-0.4, -0.2) is 38.6 Å². The molecule has 0 saturated heterocycles. The molecule has 3 N–H and O–H groups in total. The molecule has 2 fully saturated rings. The maximum absolute atomic E-state index is 12.6. The SMILES string of the molecule is CNc1cc(Nc2cccnc2CC2CC2)nc2c(C(=O)NC3CC3)cnn12. The van der Waals surface area contributed by atoms with E-state index in [4.69, 9.17) is 0 Å². The fourth-order valence-corrected chi connectivity index (χ4v) is 3.30. The molecule has 8 heteroatoms. The van der Waals surface area contributed by atoms with Gasteiger partial charge in [0.05, 0.1) is 17.6 Å². The molecule has 1 amide bonds. The highest BCUT2D eigenvalue weighted by atomic mass is 16.1. The van der Waals surface area contributed by atoms with E-state index in [1.807, 2.05) is 31.4 Å². The molecule has 0 radical (unpaired) electrons. The third-order valence-corrected chi connectivity index (χ3v) is 5.22. The van der Waals surface area contributed by atoms with E-state index in [1.165, 1.54) is 12.8 Å². The number of carbonyl (C=O) groups is 1. The van der Waals surface area contributed by atoms with Crippen LogP contribution in [0.25, 0.3) is 5.65 Å². The van der Waals surface area contributed by atoms with Gasteiger partial charge in [-0.25, -0.2) is 4.98 Å². The van der Waals surface area contributed by atoms with E-state index < -0.39 is 0 Å². The predicted molar refractivity (Wildman–Crippen MR) is 107 cm³/mol. The van der Waals surface area contributed by atoms with E-state index in [1.54, 1.807) is 10.7 Å². The quantitative estimate of drug-likeness (QED) is 0.586. The summed E-state index contributed by atoms with van der Waals surface area (Å²) in [5.74, 6) is 2.03. The molecule has 0 atom stereocenters. The van der Waals surface area contributed by atoms with E-state index in [0.717, 1.165) is 42.4 Å². The Labute approximate surface area is 162 Å². The topological polar surface area (TPSA) is 96.2 Å². The van der Waals surface area contributed by atoms with E-state index in [9.17, 15) is 4.79 Å². The zero-order chi connectivity index (χ0) is 19.1. The fraction of sp³-hybridized carbons (Fsp3) is 0.400. The second-order valence-electron chi connectivity index (χ2n) is 7.59. The summed E-state index contributed by atoms with van der Waals surface area (Å²) >= 11 is 0. The van der Waals surface area contributed by atoms with Crippen LogP contribution in [0.1, 0.15) is 41.7 Å². The van der Waals surface area contributed by atoms with Gasteiger partial charge in [0.1, 0.15) is 17.2 Å². The zero-order valence-corrected chi connectivity index (χ0v) is 15.8. The monoisotopic (exact) mass is 377 g/mol. The molecule has 0 aliphatic heterocycles. The zero-order valence-electron chi connectivity index (χ0n) is 15.8. The van der Waals surface area contributed by atoms with Crippen LogP contribution in [0.15, 0.2) is 30.6 Å². The van der Waals surface area contributed by atoms with Gasteiger partial charge in [0, 0.05) is 25.4 Å². The van der Waals surface area contributed by atoms with Crippen LogP contribution in [0.4, 0.5) is 17.3 Å². The Bertz CT molecular complexity index is 1040. The minimum absolute atomic E-state index is 0.125. The van der Waals surface area contributed by atoms with Crippen molar-refractivity contribution in [2.75, 3.05) is 17.7 Å². The first-order valence-electron chi connectivity index (χ1n) is 9.79. The number of aromatic nitrogens is 4. The summed E-state index contributed by atoms with van der Waals surface area (Å²) in [5, 5.41) is 13.9. The normalized spacial score (nSPS) is 16.2. The number of fused-ring (bicyclic) bond motifs is 1. The second-order valence-corrected chi connectivity index (χ2v) is 7.59. The van der Waals surface area contributed by atoms with Crippen molar-refractivity contribution >= 4 is 28.9 Å². The van der Waals surface area contributed by atoms with Crippen LogP contribution in [0.5, 0.6) is 0 Å². The molecule has 2 saturated carbocycles. The van der Waals surface area contributed by atoms with Gasteiger partial charge in [-0.05, 0) is 50.2 Å². The maximum Gasteiger partial charge on any atom is 0.256 e. The first-order chi connectivity index (χ1) is 13.7. The Kier molecular flexibility index (Phi) is 4.11. The van der Waals surface area contributed by atoms with Gasteiger partial charge in [-0.1, -0.05) is 0 Å². The first kappa shape index (κ1) is 17.0. The Hall–Kier alpha value is -3.16. The van der Waals surface area contributed by atoms with E-state index in [0.29, 0.717) is 17.0 Å². The molecule has 2 aliphatic rings. The number of carbonyl (C=O) groups excluding carboxylic acids is 1. The Morgan fingerprint density at radius 1 is 1.29 bits per heavy atom. The first-order valence-corrected chi connectivity index (χ1v) is 9.79. The van der Waals surface area contributed by atoms with Crippen LogP contribution in [0.2, 0.25) is 0 Å². The van der Waals surface area contributed by atoms with E-state index in [-0.39, 0.29) is 11.9 Å². The minimum Gasteiger partial charge on any atom is -0.373 e. The molecular weight excluding hydrogens is 354 g/mol. The summed E-state index contributed by atoms with van der Waals surface area (Å²) in [4.78, 5) is 21.8. The van der Waals surface area contributed by atoms with Gasteiger partial charge in [-0.3, -0.25) is 9.78 Å². The predicted octanol–water partition coefficient (Wildman–Crippen LogP) is 2.75. The van der Waals surface area contributed by atoms with Crippen molar-refractivity contribution in [3.63, 3.8) is 0 Å². The van der Waals surface area contributed by atoms with Gasteiger partial charge < -0.3 is 16.0 Å². The van der Waals surface area contributed by atoms with Crippen LogP contribution in [0.3, 0.4) is 0 Å². The second kappa shape index (κ2) is 6.78. The largest absolute Gasteiger partial charge is 0.373 e. The van der Waals surface area contributed by atoms with Gasteiger partial charge in [0.15, 0.2) is 5.65 Å². The van der Waals surface area contributed by atoms with Gasteiger partial charge >= 0.3 is 0 Å². The molecule has 28 heavy (non-hydrogen) atoms. The van der Waals surface area contributed by atoms with Crippen LogP contribution >= 0.6 is 0 Å². The maximum atomic E-state index is 12.6. The van der Waals surface area contributed by atoms with Crippen LogP contribution in [0, 0.1) is 5.92 Å². The third-order valence-electron chi connectivity index (χ3n) is 5.22. The number of anilines is 3. The van der Waals surface area contributed by atoms with Gasteiger partial charge in [-0.2, -0.15) is 9.61 Å². The number of pyridine rings is 1. The van der Waals surface area contributed by atoms with Crippen molar-refractivity contribution in [2.45, 2.75) is 38.1 Å². The number of hydrogen-bond donors (Lipinski definition) is 3. The molecule has 0 unspecified atom stereocenters. The van der Waals surface area contributed by atoms with Gasteiger partial charge in [0.25, 0.3) is 5.91 Å². The molecule has 2 aliphatic carbocycles. The Morgan fingerprint density at radius 3 is 2.89 bits per heavy atom. The third kappa shape index (κ3) is 3.37. The van der Waals surface area contributed by atoms with Crippen molar-refractivity contribution in [1.82, 2.24) is 24.9 Å². The fourth-order valence-electron chi connectivity index (χ4n) is 3.30. The number of hydrogen-bond acceptors (Lipinski definition) is 6. The molecule has 8 nitrogen and oxygen atoms in total. The van der Waals surface area contributed by atoms with Gasteiger partial charge in [-0.15, -0.1) is 0 Å². The molecule has 3 aromatic rings. The molecule has 0 spiro atoms. The molecular formula is C20H23N7O. The molecule has 144 valence electrons. The molecule has 3 heterocycles. The minimum atomic E-state index is -0.125. The number of nitrogens with one attached hydrogen (secondary N) is 3. The van der Waals surface area contributed by atoms with E-state index >= 15 is 0 Å². The summed E-state index contributed by atoms with van der Waals surface area (Å²) in [6, 6.07) is 6.11. The highest BCUT2D eigenvalue weighted by Gasteiger charge is 2.26. The summed E-state index contributed by atoms with van der Waals surface area (Å²) in [5.41, 5.74) is 3.02. The number of nitrogens with zero attached hydrogens (tertiary/aromatic N) is 4. The summed E-state index contributed by atoms with van der Waals surface area (Å²) in [6.45, 7) is 0. The number of rotatable bonds is 7. The van der Waals surface area contributed by atoms with Crippen LogP contribution in [-0.2, 0) is 6.42 Å². The van der Waals surface area contributed by atoms with Crippen LogP contribution < -0.4 is 16.0 Å². The lowest BCUT2D eigenvalue weighted by Gasteiger charge is -2.12. The Morgan fingerprint density at radius 2 is 2.14 bits per heavy atom. The average molecular weight is 377 g/mol. The Balaban J connectivity index is 1.50. The smallest absolute Gasteiger partial charge is 0.256 e. The molecule has 0 bridgehead atoms. The van der Waals surface area contributed by atoms with Crippen molar-refractivity contribution in [1.29, 1.82) is 0 Å². The molecule has 0 aromatic carbocycles. The highest BCUT2D eigenvalue weighted by molar-refractivity contribution is 6.00. The van der Waals surface area contributed by atoms with E-state index in [2.05, 4.69) is 31.0 Å². The van der Waals surface area contributed by atoms with Gasteiger partial charge in [0.2, 0.25) is 0 Å². The average Bonchev–Trinajstić information content (AvgIpc) is 3.63. The number of amides is 1. The molecule has 5 rings (SSSR count). The summed E-state index contributed by atoms with van der Waals surface area (Å²) in [7, 11) is 1.83. The lowest BCUT2D eigenvalue weighted by Crippen LogP contribution is -2.25. The lowest BCUT2D eigenvalue weighted by molar-refractivity contribution is 0.0952. The molecule has 3 aromatic heterocycles. The summed E-state index contributed by atoms with van der Waals surface area (Å²) in [6.07, 6.45) is 9.02. The van der Waals surface area contributed by atoms with Crippen molar-refractivity contribution in [3.05, 3.63) is 41.9 Å². The van der Waals surface area contributed by atoms with Crippen molar-refractivity contribution < 1.29 is 4.79 Å². The summed E-state index contributed by atoms with van der Waals surface area (Å²) < 4.78 is 1.65. The van der Waals surface area contributed by atoms with Crippen molar-refractivity contribution in [2.24, 2.45) is 5.92 Å². The standard InChI is InChI=1S/C20H23N7O/c1-21-18-10-17(25-15-3-2-8-22-16(15)9-12-4-5-12)26-19-14(11-23-27(18)19)20(28)24-13-6-7-13/h2-3,8,10-13,21H,4-7,9H2,1H3,(H,24,28)(H,25,26). The lowest BCUT2D eigenvalue weighted by atomic mass is 10.1.